The van der Waals surface area contributed by atoms with Crippen LogP contribution in [-0.2, 0) is 11.3 Å². The van der Waals surface area contributed by atoms with E-state index in [4.69, 9.17) is 9.47 Å². The van der Waals surface area contributed by atoms with Crippen LogP contribution in [0.4, 0.5) is 0 Å². The molecule has 2 saturated heterocycles. The minimum atomic E-state index is 0.196. The fourth-order valence-corrected chi connectivity index (χ4v) is 4.17. The van der Waals surface area contributed by atoms with Crippen molar-refractivity contribution in [1.82, 2.24) is 4.90 Å². The smallest absolute Gasteiger partial charge is 0.231 e. The van der Waals surface area contributed by atoms with E-state index in [2.05, 4.69) is 17.0 Å². The lowest BCUT2D eigenvalue weighted by Crippen LogP contribution is -3.12. The van der Waals surface area contributed by atoms with Gasteiger partial charge in [0.25, 0.3) is 0 Å². The summed E-state index contributed by atoms with van der Waals surface area (Å²) < 4.78 is 10.7. The Hall–Kier alpha value is -1.75. The molecule has 2 aliphatic rings. The number of methoxy groups -OCH3 is 2. The number of quaternary nitrogens is 1. The van der Waals surface area contributed by atoms with Crippen molar-refractivity contribution in [2.45, 2.75) is 38.6 Å². The number of rotatable bonds is 5. The van der Waals surface area contributed by atoms with Gasteiger partial charge in [-0.2, -0.15) is 0 Å². The highest BCUT2D eigenvalue weighted by Crippen LogP contribution is 2.27. The van der Waals surface area contributed by atoms with Crippen molar-refractivity contribution in [3.05, 3.63) is 23.8 Å². The van der Waals surface area contributed by atoms with Crippen LogP contribution >= 0.6 is 0 Å². The lowest BCUT2D eigenvalue weighted by atomic mass is 9.95. The Bertz CT molecular complexity index is 584. The van der Waals surface area contributed by atoms with Gasteiger partial charge in [0, 0.05) is 18.7 Å². The quantitative estimate of drug-likeness (QED) is 0.878. The van der Waals surface area contributed by atoms with E-state index in [-0.39, 0.29) is 5.92 Å². The Balaban J connectivity index is 1.60. The van der Waals surface area contributed by atoms with Gasteiger partial charge in [-0.1, -0.05) is 0 Å². The van der Waals surface area contributed by atoms with Crippen LogP contribution in [-0.4, -0.2) is 51.2 Å². The molecule has 1 N–H and O–H groups in total. The van der Waals surface area contributed by atoms with E-state index >= 15 is 0 Å². The molecular formula is C20H31N2O3+. The molecule has 0 aromatic heterocycles. The third kappa shape index (κ3) is 4.46. The number of benzene rings is 1. The van der Waals surface area contributed by atoms with Crippen LogP contribution in [0.25, 0.3) is 0 Å². The fourth-order valence-electron chi connectivity index (χ4n) is 4.17. The maximum atomic E-state index is 12.8. The number of piperidine rings is 2. The Morgan fingerprint density at radius 3 is 2.60 bits per heavy atom. The summed E-state index contributed by atoms with van der Waals surface area (Å²) in [6.45, 7) is 4.94. The van der Waals surface area contributed by atoms with Crippen LogP contribution < -0.4 is 14.4 Å². The Morgan fingerprint density at radius 2 is 1.88 bits per heavy atom. The molecule has 1 unspecified atom stereocenters. The summed E-state index contributed by atoms with van der Waals surface area (Å²) in [5, 5.41) is 0. The maximum absolute atomic E-state index is 12.8. The molecule has 5 nitrogen and oxygen atoms in total. The summed E-state index contributed by atoms with van der Waals surface area (Å²) in [5.41, 5.74) is 1.23. The normalized spacial score (nSPS) is 24.0. The molecule has 0 spiro atoms. The Labute approximate surface area is 150 Å². The summed E-state index contributed by atoms with van der Waals surface area (Å²) in [5.74, 6) is 2.13. The number of carbonyl (C=O) groups excluding carboxylic acids is 1. The van der Waals surface area contributed by atoms with Gasteiger partial charge >= 0.3 is 0 Å². The first kappa shape index (κ1) is 18.1. The van der Waals surface area contributed by atoms with Gasteiger partial charge in [0.05, 0.1) is 33.2 Å². The lowest BCUT2D eigenvalue weighted by molar-refractivity contribution is -0.921. The number of nitrogens with zero attached hydrogens (tertiary/aromatic N) is 1. The molecule has 138 valence electrons. The van der Waals surface area contributed by atoms with Crippen molar-refractivity contribution in [2.24, 2.45) is 5.92 Å². The van der Waals surface area contributed by atoms with Gasteiger partial charge in [0.1, 0.15) is 6.54 Å². The third-order valence-corrected chi connectivity index (χ3v) is 5.54. The number of hydrogen-bond acceptors (Lipinski definition) is 3. The molecule has 0 radical (unpaired) electrons. The molecule has 0 aliphatic carbocycles. The van der Waals surface area contributed by atoms with Crippen LogP contribution in [0.2, 0.25) is 0 Å². The minimum Gasteiger partial charge on any atom is -0.493 e. The van der Waals surface area contributed by atoms with Gasteiger partial charge in [0.15, 0.2) is 11.5 Å². The predicted octanol–water partition coefficient (Wildman–Crippen LogP) is 1.51. The van der Waals surface area contributed by atoms with Crippen molar-refractivity contribution in [3.63, 3.8) is 0 Å². The molecule has 0 bridgehead atoms. The summed E-state index contributed by atoms with van der Waals surface area (Å²) in [7, 11) is 3.33. The monoisotopic (exact) mass is 347 g/mol. The first-order valence-corrected chi connectivity index (χ1v) is 9.54. The van der Waals surface area contributed by atoms with E-state index in [0.29, 0.717) is 5.91 Å². The molecule has 2 atom stereocenters. The summed E-state index contributed by atoms with van der Waals surface area (Å²) in [6, 6.07) is 6.13. The largest absolute Gasteiger partial charge is 0.493 e. The van der Waals surface area contributed by atoms with Gasteiger partial charge in [-0.25, -0.2) is 0 Å². The second-order valence-corrected chi connectivity index (χ2v) is 7.30. The highest BCUT2D eigenvalue weighted by Gasteiger charge is 2.32. The molecule has 0 saturated carbocycles. The average molecular weight is 347 g/mol. The molecular weight excluding hydrogens is 316 g/mol. The van der Waals surface area contributed by atoms with E-state index in [1.807, 2.05) is 6.07 Å². The summed E-state index contributed by atoms with van der Waals surface area (Å²) in [4.78, 5) is 16.4. The highest BCUT2D eigenvalue weighted by molar-refractivity contribution is 5.79. The van der Waals surface area contributed by atoms with Gasteiger partial charge in [-0.15, -0.1) is 0 Å². The van der Waals surface area contributed by atoms with Gasteiger partial charge in [-0.3, -0.25) is 4.79 Å². The zero-order chi connectivity index (χ0) is 17.6. The van der Waals surface area contributed by atoms with E-state index in [1.54, 1.807) is 14.2 Å². The van der Waals surface area contributed by atoms with E-state index in [9.17, 15) is 4.79 Å². The van der Waals surface area contributed by atoms with E-state index < -0.39 is 0 Å². The molecule has 2 aliphatic heterocycles. The molecule has 1 aromatic carbocycles. The number of amides is 1. The van der Waals surface area contributed by atoms with Crippen molar-refractivity contribution >= 4 is 5.91 Å². The fraction of sp³-hybridized carbons (Fsp3) is 0.650. The maximum Gasteiger partial charge on any atom is 0.231 e. The molecule has 3 rings (SSSR count). The van der Waals surface area contributed by atoms with Gasteiger partial charge < -0.3 is 19.3 Å². The van der Waals surface area contributed by atoms with Crippen molar-refractivity contribution in [2.75, 3.05) is 40.4 Å². The second kappa shape index (κ2) is 8.56. The Kier molecular flexibility index (Phi) is 6.19. The number of hydrogen-bond donors (Lipinski definition) is 1. The molecule has 1 amide bonds. The molecule has 5 heteroatoms. The van der Waals surface area contributed by atoms with Gasteiger partial charge in [-0.05, 0) is 50.3 Å². The minimum absolute atomic E-state index is 0.196. The molecule has 2 fully saturated rings. The first-order valence-electron chi connectivity index (χ1n) is 9.54. The molecule has 1 aromatic rings. The number of ether oxygens (including phenoxy) is 2. The standard InChI is InChI=1S/C20H30N2O3/c1-24-18-9-8-16(13-19(18)25-2)14-21-10-6-7-17(15-21)20(23)22-11-4-3-5-12-22/h8-9,13,17H,3-7,10-12,14-15H2,1-2H3/p+1/t17-/m0/s1. The zero-order valence-corrected chi connectivity index (χ0v) is 15.6. The SMILES string of the molecule is COc1ccc(C[NH+]2CCC[C@H](C(=O)N3CCCCC3)C2)cc1OC. The number of likely N-dealkylation sites (tertiary alicyclic amines) is 2. The van der Waals surface area contributed by atoms with Crippen LogP contribution in [0.15, 0.2) is 18.2 Å². The van der Waals surface area contributed by atoms with Crippen molar-refractivity contribution < 1.29 is 19.2 Å². The van der Waals surface area contributed by atoms with Crippen molar-refractivity contribution in [3.8, 4) is 11.5 Å². The van der Waals surface area contributed by atoms with E-state index in [0.717, 1.165) is 57.1 Å². The van der Waals surface area contributed by atoms with E-state index in [1.165, 1.54) is 29.7 Å². The lowest BCUT2D eigenvalue weighted by Gasteiger charge is -2.34. The zero-order valence-electron chi connectivity index (χ0n) is 15.6. The van der Waals surface area contributed by atoms with Crippen LogP contribution in [0, 0.1) is 5.92 Å². The topological polar surface area (TPSA) is 43.2 Å². The highest BCUT2D eigenvalue weighted by atomic mass is 16.5. The third-order valence-electron chi connectivity index (χ3n) is 5.54. The molecule has 2 heterocycles. The van der Waals surface area contributed by atoms with Crippen LogP contribution in [0.5, 0.6) is 11.5 Å². The van der Waals surface area contributed by atoms with Crippen LogP contribution in [0.1, 0.15) is 37.7 Å². The average Bonchev–Trinajstić information content (AvgIpc) is 2.68. The number of carbonyl (C=O) groups is 1. The number of nitrogens with one attached hydrogen (secondary N) is 1. The Morgan fingerprint density at radius 1 is 1.12 bits per heavy atom. The van der Waals surface area contributed by atoms with Crippen molar-refractivity contribution in [1.29, 1.82) is 0 Å². The molecule has 25 heavy (non-hydrogen) atoms. The van der Waals surface area contributed by atoms with Gasteiger partial charge in [0.2, 0.25) is 5.91 Å². The predicted molar refractivity (Wildman–Crippen MR) is 97.1 cm³/mol. The summed E-state index contributed by atoms with van der Waals surface area (Å²) in [6.07, 6.45) is 5.78. The first-order chi connectivity index (χ1) is 12.2. The second-order valence-electron chi connectivity index (χ2n) is 7.30. The van der Waals surface area contributed by atoms with Crippen LogP contribution in [0.3, 0.4) is 0 Å². The summed E-state index contributed by atoms with van der Waals surface area (Å²) >= 11 is 0.